The number of carbonyl (C=O) groups is 1. The van der Waals surface area contributed by atoms with Gasteiger partial charge >= 0.3 is 6.03 Å². The first-order valence-corrected chi connectivity index (χ1v) is 8.86. The summed E-state index contributed by atoms with van der Waals surface area (Å²) in [4.78, 5) is 11.8. The van der Waals surface area contributed by atoms with E-state index in [0.29, 0.717) is 23.8 Å². The molecule has 1 aromatic rings. The molecule has 21 heavy (non-hydrogen) atoms. The van der Waals surface area contributed by atoms with E-state index in [4.69, 9.17) is 11.6 Å². The number of nitrogens with zero attached hydrogens (tertiary/aromatic N) is 1. The molecule has 1 atom stereocenters. The van der Waals surface area contributed by atoms with Crippen LogP contribution in [0.2, 0.25) is 5.02 Å². The minimum absolute atomic E-state index is 0.170. The molecule has 1 aliphatic rings. The number of carbonyl (C=O) groups excluding carboxylic acids is 1. The molecule has 0 radical (unpaired) electrons. The Hall–Kier alpha value is -1.31. The van der Waals surface area contributed by atoms with Gasteiger partial charge in [-0.15, -0.1) is 0 Å². The van der Waals surface area contributed by atoms with Gasteiger partial charge in [-0.2, -0.15) is 4.31 Å². The zero-order valence-electron chi connectivity index (χ0n) is 11.7. The van der Waals surface area contributed by atoms with E-state index in [1.807, 2.05) is 0 Å². The van der Waals surface area contributed by atoms with Crippen LogP contribution in [0.3, 0.4) is 0 Å². The van der Waals surface area contributed by atoms with Gasteiger partial charge in [0.05, 0.1) is 6.26 Å². The van der Waals surface area contributed by atoms with Gasteiger partial charge in [-0.05, 0) is 37.1 Å². The number of halogens is 1. The third-order valence-electron chi connectivity index (χ3n) is 3.35. The first-order valence-electron chi connectivity index (χ1n) is 6.63. The van der Waals surface area contributed by atoms with Crippen molar-refractivity contribution in [2.45, 2.75) is 18.9 Å². The van der Waals surface area contributed by atoms with Crippen LogP contribution in [0.25, 0.3) is 0 Å². The summed E-state index contributed by atoms with van der Waals surface area (Å²) in [6.45, 7) is 0.816. The minimum atomic E-state index is -3.22. The fourth-order valence-corrected chi connectivity index (χ4v) is 3.68. The van der Waals surface area contributed by atoms with Crippen molar-refractivity contribution in [3.63, 3.8) is 0 Å². The number of rotatable bonds is 4. The maximum Gasteiger partial charge on any atom is 0.319 e. The van der Waals surface area contributed by atoms with Crippen LogP contribution >= 0.6 is 11.6 Å². The molecule has 0 aliphatic carbocycles. The molecule has 1 heterocycles. The number of anilines is 1. The Bertz CT molecular complexity index is 604. The van der Waals surface area contributed by atoms with Crippen LogP contribution in [-0.4, -0.2) is 44.1 Å². The van der Waals surface area contributed by atoms with E-state index in [1.54, 1.807) is 24.3 Å². The summed E-state index contributed by atoms with van der Waals surface area (Å²) in [6, 6.07) is 6.22. The fourth-order valence-electron chi connectivity index (χ4n) is 2.37. The molecular formula is C13H18ClN3O3S. The lowest BCUT2D eigenvalue weighted by atomic mass is 10.2. The van der Waals surface area contributed by atoms with E-state index in [0.717, 1.165) is 12.8 Å². The first kappa shape index (κ1) is 16.1. The molecule has 6 nitrogen and oxygen atoms in total. The Labute approximate surface area is 129 Å². The Morgan fingerprint density at radius 1 is 1.38 bits per heavy atom. The number of urea groups is 1. The molecule has 1 saturated heterocycles. The van der Waals surface area contributed by atoms with Gasteiger partial charge in [-0.3, -0.25) is 0 Å². The number of hydrogen-bond acceptors (Lipinski definition) is 3. The maximum absolute atomic E-state index is 11.8. The zero-order chi connectivity index (χ0) is 15.5. The first-order chi connectivity index (χ1) is 9.86. The average molecular weight is 332 g/mol. The summed E-state index contributed by atoms with van der Waals surface area (Å²) in [7, 11) is -3.22. The lowest BCUT2D eigenvalue weighted by Crippen LogP contribution is -2.43. The van der Waals surface area contributed by atoms with E-state index in [1.165, 1.54) is 10.6 Å². The van der Waals surface area contributed by atoms with Gasteiger partial charge in [0, 0.05) is 29.8 Å². The summed E-state index contributed by atoms with van der Waals surface area (Å²) in [5, 5.41) is 5.96. The van der Waals surface area contributed by atoms with E-state index in [9.17, 15) is 13.2 Å². The van der Waals surface area contributed by atoms with E-state index in [-0.39, 0.29) is 12.1 Å². The smallest absolute Gasteiger partial charge is 0.319 e. The second-order valence-electron chi connectivity index (χ2n) is 5.01. The Morgan fingerprint density at radius 3 is 2.67 bits per heavy atom. The highest BCUT2D eigenvalue weighted by molar-refractivity contribution is 7.88. The average Bonchev–Trinajstić information content (AvgIpc) is 2.87. The van der Waals surface area contributed by atoms with Gasteiger partial charge in [0.25, 0.3) is 0 Å². The normalized spacial score (nSPS) is 19.4. The van der Waals surface area contributed by atoms with Crippen molar-refractivity contribution in [3.8, 4) is 0 Å². The highest BCUT2D eigenvalue weighted by Crippen LogP contribution is 2.19. The molecule has 0 aromatic heterocycles. The molecule has 1 aliphatic heterocycles. The summed E-state index contributed by atoms with van der Waals surface area (Å²) >= 11 is 5.76. The molecule has 1 fully saturated rings. The van der Waals surface area contributed by atoms with Gasteiger partial charge in [-0.1, -0.05) is 11.6 Å². The third kappa shape index (κ3) is 4.59. The Kier molecular flexibility index (Phi) is 5.08. The highest BCUT2D eigenvalue weighted by Gasteiger charge is 2.31. The van der Waals surface area contributed by atoms with Crippen molar-refractivity contribution < 1.29 is 13.2 Å². The van der Waals surface area contributed by atoms with Crippen molar-refractivity contribution in [2.24, 2.45) is 0 Å². The molecule has 0 saturated carbocycles. The second kappa shape index (κ2) is 6.64. The second-order valence-corrected chi connectivity index (χ2v) is 7.38. The van der Waals surface area contributed by atoms with Crippen molar-refractivity contribution in [1.82, 2.24) is 9.62 Å². The highest BCUT2D eigenvalue weighted by atomic mass is 35.5. The quantitative estimate of drug-likeness (QED) is 0.884. The van der Waals surface area contributed by atoms with Crippen molar-refractivity contribution in [2.75, 3.05) is 24.7 Å². The molecule has 8 heteroatoms. The predicted molar refractivity (Wildman–Crippen MR) is 83.0 cm³/mol. The van der Waals surface area contributed by atoms with Gasteiger partial charge < -0.3 is 10.6 Å². The number of nitrogens with one attached hydrogen (secondary N) is 2. The van der Waals surface area contributed by atoms with Crippen LogP contribution < -0.4 is 10.6 Å². The fraction of sp³-hybridized carbons (Fsp3) is 0.462. The molecule has 2 N–H and O–H groups in total. The van der Waals surface area contributed by atoms with Crippen LogP contribution in [0.4, 0.5) is 10.5 Å². The van der Waals surface area contributed by atoms with Crippen LogP contribution in [0.5, 0.6) is 0 Å². The number of sulfonamides is 1. The Morgan fingerprint density at radius 2 is 2.05 bits per heavy atom. The molecule has 1 unspecified atom stereocenters. The van der Waals surface area contributed by atoms with Crippen LogP contribution in [0, 0.1) is 0 Å². The largest absolute Gasteiger partial charge is 0.336 e. The van der Waals surface area contributed by atoms with Crippen molar-refractivity contribution in [3.05, 3.63) is 29.3 Å². The summed E-state index contributed by atoms with van der Waals surface area (Å²) in [5.41, 5.74) is 0.628. The standard InChI is InChI=1S/C13H18ClN3O3S/c1-21(19,20)17-8-2-3-12(17)9-15-13(18)16-11-6-4-10(14)5-7-11/h4-7,12H,2-3,8-9H2,1H3,(H2,15,16,18). The molecule has 116 valence electrons. The van der Waals surface area contributed by atoms with Crippen LogP contribution in [0.15, 0.2) is 24.3 Å². The van der Waals surface area contributed by atoms with E-state index >= 15 is 0 Å². The SMILES string of the molecule is CS(=O)(=O)N1CCCC1CNC(=O)Nc1ccc(Cl)cc1. The summed E-state index contributed by atoms with van der Waals surface area (Å²) in [5.74, 6) is 0. The van der Waals surface area contributed by atoms with Gasteiger partial charge in [0.2, 0.25) is 10.0 Å². The van der Waals surface area contributed by atoms with Gasteiger partial charge in [-0.25, -0.2) is 13.2 Å². The predicted octanol–water partition coefficient (Wildman–Crippen LogP) is 1.89. The molecule has 2 rings (SSSR count). The lowest BCUT2D eigenvalue weighted by Gasteiger charge is -2.22. The van der Waals surface area contributed by atoms with Gasteiger partial charge in [0.15, 0.2) is 0 Å². The monoisotopic (exact) mass is 331 g/mol. The maximum atomic E-state index is 11.8. The summed E-state index contributed by atoms with van der Waals surface area (Å²) < 4.78 is 24.6. The van der Waals surface area contributed by atoms with E-state index < -0.39 is 10.0 Å². The van der Waals surface area contributed by atoms with E-state index in [2.05, 4.69) is 10.6 Å². The lowest BCUT2D eigenvalue weighted by molar-refractivity contribution is 0.249. The Balaban J connectivity index is 1.85. The molecule has 2 amide bonds. The third-order valence-corrected chi connectivity index (χ3v) is 4.93. The zero-order valence-corrected chi connectivity index (χ0v) is 13.2. The van der Waals surface area contributed by atoms with Crippen molar-refractivity contribution in [1.29, 1.82) is 0 Å². The molecular weight excluding hydrogens is 314 g/mol. The summed E-state index contributed by atoms with van der Waals surface area (Å²) in [6.07, 6.45) is 2.77. The number of hydrogen-bond donors (Lipinski definition) is 2. The van der Waals surface area contributed by atoms with Crippen LogP contribution in [-0.2, 0) is 10.0 Å². The van der Waals surface area contributed by atoms with Crippen LogP contribution in [0.1, 0.15) is 12.8 Å². The van der Waals surface area contributed by atoms with Gasteiger partial charge in [0.1, 0.15) is 0 Å². The number of benzene rings is 1. The minimum Gasteiger partial charge on any atom is -0.336 e. The molecule has 0 spiro atoms. The molecule has 1 aromatic carbocycles. The topological polar surface area (TPSA) is 78.5 Å². The molecule has 0 bridgehead atoms. The van der Waals surface area contributed by atoms with Crippen molar-refractivity contribution >= 4 is 33.3 Å². The number of amides is 2.